The predicted octanol–water partition coefficient (Wildman–Crippen LogP) is 6.48. The molecule has 1 aliphatic rings. The summed E-state index contributed by atoms with van der Waals surface area (Å²) < 4.78 is 7.20. The fourth-order valence-electron chi connectivity index (χ4n) is 4.24. The van der Waals surface area contributed by atoms with Crippen LogP contribution in [0.5, 0.6) is 5.75 Å². The highest BCUT2D eigenvalue weighted by Gasteiger charge is 2.23. The van der Waals surface area contributed by atoms with E-state index in [1.807, 2.05) is 41.3 Å². The van der Waals surface area contributed by atoms with Crippen molar-refractivity contribution in [2.45, 2.75) is 29.4 Å². The number of likely N-dealkylation sites (tertiary alicyclic amines) is 1. The van der Waals surface area contributed by atoms with Crippen molar-refractivity contribution in [3.63, 3.8) is 0 Å². The summed E-state index contributed by atoms with van der Waals surface area (Å²) in [6.45, 7) is 1.49. The van der Waals surface area contributed by atoms with Crippen LogP contribution in [0.4, 0.5) is 5.69 Å². The summed E-state index contributed by atoms with van der Waals surface area (Å²) in [5.41, 5.74) is 3.63. The van der Waals surface area contributed by atoms with E-state index < -0.39 is 0 Å². The zero-order valence-electron chi connectivity index (χ0n) is 20.0. The van der Waals surface area contributed by atoms with Crippen molar-refractivity contribution in [2.75, 3.05) is 25.5 Å². The van der Waals surface area contributed by atoms with Gasteiger partial charge < -0.3 is 15.0 Å². The third kappa shape index (κ3) is 5.55. The number of methoxy groups -OCH3 is 1. The van der Waals surface area contributed by atoms with Gasteiger partial charge in [0.2, 0.25) is 0 Å². The Labute approximate surface area is 218 Å². The van der Waals surface area contributed by atoms with Crippen molar-refractivity contribution < 1.29 is 14.3 Å². The minimum atomic E-state index is -0.283. The van der Waals surface area contributed by atoms with Crippen LogP contribution in [-0.2, 0) is 5.75 Å². The molecule has 2 amide bonds. The first-order valence-electron chi connectivity index (χ1n) is 12.0. The van der Waals surface area contributed by atoms with Crippen molar-refractivity contribution >= 4 is 50.8 Å². The first-order chi connectivity index (χ1) is 17.6. The molecule has 1 saturated heterocycles. The van der Waals surface area contributed by atoms with E-state index in [1.54, 1.807) is 48.4 Å². The summed E-state index contributed by atoms with van der Waals surface area (Å²) in [7, 11) is 1.66. The largest absolute Gasteiger partial charge is 0.497 e. The Hall–Kier alpha value is -3.36. The van der Waals surface area contributed by atoms with Gasteiger partial charge in [-0.25, -0.2) is 4.98 Å². The molecule has 8 heteroatoms. The molecule has 2 heterocycles. The topological polar surface area (TPSA) is 71.5 Å². The van der Waals surface area contributed by atoms with Gasteiger partial charge in [-0.05, 0) is 67.3 Å². The Kier molecular flexibility index (Phi) is 7.53. The number of amides is 2. The van der Waals surface area contributed by atoms with Crippen molar-refractivity contribution in [2.24, 2.45) is 0 Å². The van der Waals surface area contributed by atoms with Crippen molar-refractivity contribution in [3.05, 3.63) is 83.4 Å². The van der Waals surface area contributed by atoms with E-state index in [4.69, 9.17) is 9.72 Å². The van der Waals surface area contributed by atoms with Gasteiger partial charge in [-0.15, -0.1) is 11.3 Å². The number of rotatable bonds is 7. The molecule has 0 aliphatic carbocycles. The number of ether oxygens (including phenoxy) is 1. The third-order valence-electron chi connectivity index (χ3n) is 6.19. The van der Waals surface area contributed by atoms with E-state index >= 15 is 0 Å². The molecule has 0 spiro atoms. The molecule has 0 saturated carbocycles. The van der Waals surface area contributed by atoms with Gasteiger partial charge in [0.1, 0.15) is 5.75 Å². The predicted molar refractivity (Wildman–Crippen MR) is 146 cm³/mol. The standard InChI is InChI=1S/C28H27N3O3S2/c1-34-21-12-9-19(10-13-21)18-35-28-30-24-14-11-20(17-25(24)36-28)29-26(32)22-7-3-4-8-23(22)27(33)31-15-5-2-6-16-31/h3-4,7-14,17H,2,5-6,15-16,18H2,1H3,(H,29,32). The van der Waals surface area contributed by atoms with Gasteiger partial charge in [0, 0.05) is 24.5 Å². The van der Waals surface area contributed by atoms with E-state index in [0.29, 0.717) is 16.8 Å². The van der Waals surface area contributed by atoms with Gasteiger partial charge in [0.15, 0.2) is 4.34 Å². The maximum atomic E-state index is 13.2. The Morgan fingerprint density at radius 2 is 1.75 bits per heavy atom. The first-order valence-corrected chi connectivity index (χ1v) is 13.8. The van der Waals surface area contributed by atoms with E-state index in [9.17, 15) is 9.59 Å². The summed E-state index contributed by atoms with van der Waals surface area (Å²) in [4.78, 5) is 32.8. The number of carbonyl (C=O) groups excluding carboxylic acids is 2. The van der Waals surface area contributed by atoms with Crippen LogP contribution < -0.4 is 10.1 Å². The van der Waals surface area contributed by atoms with Gasteiger partial charge in [-0.1, -0.05) is 36.0 Å². The quantitative estimate of drug-likeness (QED) is 0.284. The lowest BCUT2D eigenvalue weighted by molar-refractivity contribution is 0.0720. The number of hydrogen-bond donors (Lipinski definition) is 1. The molecule has 1 N–H and O–H groups in total. The van der Waals surface area contributed by atoms with Crippen LogP contribution in [0, 0.1) is 0 Å². The van der Waals surface area contributed by atoms with Crippen LogP contribution in [0.3, 0.4) is 0 Å². The van der Waals surface area contributed by atoms with E-state index in [2.05, 4.69) is 17.4 Å². The molecular weight excluding hydrogens is 490 g/mol. The highest BCUT2D eigenvalue weighted by molar-refractivity contribution is 8.00. The fourth-order valence-corrected chi connectivity index (χ4v) is 6.31. The lowest BCUT2D eigenvalue weighted by atomic mass is 10.0. The summed E-state index contributed by atoms with van der Waals surface area (Å²) in [6.07, 6.45) is 3.17. The second-order valence-electron chi connectivity index (χ2n) is 8.65. The zero-order valence-corrected chi connectivity index (χ0v) is 21.7. The lowest BCUT2D eigenvalue weighted by Gasteiger charge is -2.27. The van der Waals surface area contributed by atoms with E-state index in [-0.39, 0.29) is 11.8 Å². The molecule has 1 fully saturated rings. The van der Waals surface area contributed by atoms with E-state index in [1.165, 1.54) is 5.56 Å². The highest BCUT2D eigenvalue weighted by Crippen LogP contribution is 2.33. The summed E-state index contributed by atoms with van der Waals surface area (Å²) in [5.74, 6) is 1.30. The van der Waals surface area contributed by atoms with Crippen molar-refractivity contribution in [1.82, 2.24) is 9.88 Å². The molecule has 184 valence electrons. The van der Waals surface area contributed by atoms with Crippen molar-refractivity contribution in [1.29, 1.82) is 0 Å². The monoisotopic (exact) mass is 517 g/mol. The van der Waals surface area contributed by atoms with E-state index in [0.717, 1.165) is 58.4 Å². The maximum absolute atomic E-state index is 13.2. The van der Waals surface area contributed by atoms with Crippen LogP contribution in [0.15, 0.2) is 71.1 Å². The molecule has 0 unspecified atom stereocenters. The molecule has 1 aliphatic heterocycles. The number of anilines is 1. The molecule has 5 rings (SSSR count). The molecule has 4 aromatic rings. The minimum Gasteiger partial charge on any atom is -0.497 e. The molecule has 0 atom stereocenters. The molecule has 0 radical (unpaired) electrons. The number of aromatic nitrogens is 1. The third-order valence-corrected chi connectivity index (χ3v) is 8.43. The minimum absolute atomic E-state index is 0.0723. The molecule has 0 bridgehead atoms. The van der Waals surface area contributed by atoms with Gasteiger partial charge in [-0.2, -0.15) is 0 Å². The molecular formula is C28H27N3O3S2. The van der Waals surface area contributed by atoms with Gasteiger partial charge in [0.25, 0.3) is 11.8 Å². The Morgan fingerprint density at radius 3 is 2.50 bits per heavy atom. The number of carbonyl (C=O) groups is 2. The highest BCUT2D eigenvalue weighted by atomic mass is 32.2. The molecule has 1 aromatic heterocycles. The Balaban J connectivity index is 1.28. The normalized spacial score (nSPS) is 13.5. The van der Waals surface area contributed by atoms with Crippen LogP contribution in [0.25, 0.3) is 10.2 Å². The Bertz CT molecular complexity index is 1380. The van der Waals surface area contributed by atoms with Crippen LogP contribution >= 0.6 is 23.1 Å². The first kappa shape index (κ1) is 24.3. The SMILES string of the molecule is COc1ccc(CSc2nc3ccc(NC(=O)c4ccccc4C(=O)N4CCCCC4)cc3s2)cc1. The number of thiazole rings is 1. The number of piperidine rings is 1. The summed E-state index contributed by atoms with van der Waals surface area (Å²) in [6, 6.07) is 20.8. The summed E-state index contributed by atoms with van der Waals surface area (Å²) in [5, 5.41) is 2.98. The zero-order chi connectivity index (χ0) is 24.9. The maximum Gasteiger partial charge on any atom is 0.256 e. The number of thioether (sulfide) groups is 1. The second kappa shape index (κ2) is 11.1. The van der Waals surface area contributed by atoms with Crippen molar-refractivity contribution in [3.8, 4) is 5.75 Å². The average Bonchev–Trinajstić information content (AvgIpc) is 3.34. The molecule has 36 heavy (non-hydrogen) atoms. The Morgan fingerprint density at radius 1 is 1.00 bits per heavy atom. The van der Waals surface area contributed by atoms with Crippen LogP contribution in [0.1, 0.15) is 45.5 Å². The lowest BCUT2D eigenvalue weighted by Crippen LogP contribution is -2.36. The number of nitrogens with one attached hydrogen (secondary N) is 1. The number of fused-ring (bicyclic) bond motifs is 1. The van der Waals surface area contributed by atoms with Crippen LogP contribution in [0.2, 0.25) is 0 Å². The number of hydrogen-bond acceptors (Lipinski definition) is 6. The average molecular weight is 518 g/mol. The number of nitrogens with zero attached hydrogens (tertiary/aromatic N) is 2. The second-order valence-corrected chi connectivity index (χ2v) is 10.9. The van der Waals surface area contributed by atoms with Crippen LogP contribution in [-0.4, -0.2) is 41.9 Å². The van der Waals surface area contributed by atoms with Gasteiger partial charge in [0.05, 0.1) is 28.5 Å². The summed E-state index contributed by atoms with van der Waals surface area (Å²) >= 11 is 3.29. The van der Waals surface area contributed by atoms with Gasteiger partial charge >= 0.3 is 0 Å². The fraction of sp³-hybridized carbons (Fsp3) is 0.250. The smallest absolute Gasteiger partial charge is 0.256 e. The molecule has 3 aromatic carbocycles. The molecule has 6 nitrogen and oxygen atoms in total. The van der Waals surface area contributed by atoms with Gasteiger partial charge in [-0.3, -0.25) is 9.59 Å². The number of benzene rings is 3.